The Morgan fingerprint density at radius 3 is 2.48 bits per heavy atom. The van der Waals surface area contributed by atoms with E-state index in [2.05, 4.69) is 4.98 Å². The molecule has 1 saturated heterocycles. The summed E-state index contributed by atoms with van der Waals surface area (Å²) >= 11 is 5.99. The Morgan fingerprint density at radius 2 is 1.90 bits per heavy atom. The summed E-state index contributed by atoms with van der Waals surface area (Å²) in [4.78, 5) is 30.6. The summed E-state index contributed by atoms with van der Waals surface area (Å²) < 4.78 is 39.7. The van der Waals surface area contributed by atoms with E-state index >= 15 is 0 Å². The Kier molecular flexibility index (Phi) is 6.86. The maximum Gasteiger partial charge on any atom is 0.417 e. The van der Waals surface area contributed by atoms with E-state index in [1.54, 1.807) is 29.2 Å². The van der Waals surface area contributed by atoms with E-state index in [4.69, 9.17) is 16.7 Å². The monoisotopic (exact) mass is 455 g/mol. The van der Waals surface area contributed by atoms with Crippen LogP contribution in [0.25, 0.3) is 0 Å². The van der Waals surface area contributed by atoms with Gasteiger partial charge in [0.25, 0.3) is 0 Å². The first-order valence-electron chi connectivity index (χ1n) is 9.56. The lowest BCUT2D eigenvalue weighted by Gasteiger charge is -2.42. The molecule has 2 aromatic rings. The number of pyridine rings is 1. The number of rotatable bonds is 6. The molecule has 1 fully saturated rings. The molecular weight excluding hydrogens is 435 g/mol. The van der Waals surface area contributed by atoms with Gasteiger partial charge in [0.1, 0.15) is 11.6 Å². The van der Waals surface area contributed by atoms with Gasteiger partial charge in [-0.1, -0.05) is 23.7 Å². The molecule has 1 aromatic heterocycles. The number of carboxylic acid groups (broad SMARTS) is 1. The number of nitrogens with zero attached hydrogens (tertiary/aromatic N) is 3. The van der Waals surface area contributed by atoms with Crippen molar-refractivity contribution in [2.24, 2.45) is 0 Å². The number of carboxylic acids is 1. The number of ketones is 1. The predicted molar refractivity (Wildman–Crippen MR) is 109 cm³/mol. The van der Waals surface area contributed by atoms with Crippen LogP contribution >= 0.6 is 11.6 Å². The highest BCUT2D eigenvalue weighted by atomic mass is 35.5. The number of anilines is 1. The molecule has 0 amide bonds. The Hall–Kier alpha value is -2.65. The summed E-state index contributed by atoms with van der Waals surface area (Å²) in [5, 5.41) is 9.69. The van der Waals surface area contributed by atoms with Crippen molar-refractivity contribution >= 4 is 29.2 Å². The largest absolute Gasteiger partial charge is 0.480 e. The van der Waals surface area contributed by atoms with Crippen LogP contribution in [0.1, 0.15) is 29.7 Å². The third-order valence-corrected chi connectivity index (χ3v) is 5.31. The van der Waals surface area contributed by atoms with E-state index in [0.717, 1.165) is 17.8 Å². The zero-order valence-electron chi connectivity index (χ0n) is 16.7. The molecule has 6 nitrogen and oxygen atoms in total. The fraction of sp³-hybridized carbons (Fsp3) is 0.381. The molecular formula is C21H21ClF3N3O3. The molecule has 1 unspecified atom stereocenters. The van der Waals surface area contributed by atoms with Gasteiger partial charge in [-0.15, -0.1) is 0 Å². The second-order valence-electron chi connectivity index (χ2n) is 7.47. The van der Waals surface area contributed by atoms with Crippen molar-refractivity contribution in [2.45, 2.75) is 25.6 Å². The fourth-order valence-corrected chi connectivity index (χ4v) is 3.84. The van der Waals surface area contributed by atoms with Crippen LogP contribution in [0.3, 0.4) is 0 Å². The van der Waals surface area contributed by atoms with E-state index in [1.807, 2.05) is 4.90 Å². The number of Topliss-reactive ketones (excluding diaryl/α,β-unsaturated/α-hetero) is 1. The highest BCUT2D eigenvalue weighted by Gasteiger charge is 2.35. The van der Waals surface area contributed by atoms with Gasteiger partial charge in [0.05, 0.1) is 18.2 Å². The van der Waals surface area contributed by atoms with Gasteiger partial charge in [0.15, 0.2) is 0 Å². The summed E-state index contributed by atoms with van der Waals surface area (Å²) in [6.07, 6.45) is -4.00. The highest BCUT2D eigenvalue weighted by molar-refractivity contribution is 6.30. The van der Waals surface area contributed by atoms with Crippen molar-refractivity contribution in [1.29, 1.82) is 0 Å². The smallest absolute Gasteiger partial charge is 0.417 e. The summed E-state index contributed by atoms with van der Waals surface area (Å²) in [6, 6.07) is 7.56. The van der Waals surface area contributed by atoms with Crippen LogP contribution < -0.4 is 4.90 Å². The van der Waals surface area contributed by atoms with Crippen molar-refractivity contribution in [3.8, 4) is 0 Å². The van der Waals surface area contributed by atoms with Gasteiger partial charge in [-0.2, -0.15) is 13.2 Å². The molecule has 10 heteroatoms. The van der Waals surface area contributed by atoms with Crippen molar-refractivity contribution in [3.05, 3.63) is 58.2 Å². The summed E-state index contributed by atoms with van der Waals surface area (Å²) in [5.74, 6) is -0.957. The molecule has 1 N–H and O–H groups in total. The second kappa shape index (κ2) is 9.23. The molecule has 0 saturated carbocycles. The number of aliphatic carboxylic acids is 1. The first-order valence-corrected chi connectivity index (χ1v) is 9.94. The molecule has 1 aliphatic heterocycles. The van der Waals surface area contributed by atoms with E-state index in [0.29, 0.717) is 24.7 Å². The second-order valence-corrected chi connectivity index (χ2v) is 7.91. The van der Waals surface area contributed by atoms with Crippen molar-refractivity contribution in [2.75, 3.05) is 31.1 Å². The maximum absolute atomic E-state index is 13.2. The first-order chi connectivity index (χ1) is 14.5. The van der Waals surface area contributed by atoms with Crippen LogP contribution in [0.2, 0.25) is 5.02 Å². The maximum atomic E-state index is 13.2. The average Bonchev–Trinajstić information content (AvgIpc) is 2.67. The Balaban J connectivity index is 2.04. The average molecular weight is 456 g/mol. The third kappa shape index (κ3) is 5.74. The van der Waals surface area contributed by atoms with Crippen LogP contribution in [0.15, 0.2) is 36.5 Å². The van der Waals surface area contributed by atoms with Crippen LogP contribution in [0.4, 0.5) is 19.0 Å². The minimum atomic E-state index is -4.58. The lowest BCUT2D eigenvalue weighted by molar-refractivity contribution is -0.139. The lowest BCUT2D eigenvalue weighted by atomic mass is 10.00. The predicted octanol–water partition coefficient (Wildman–Crippen LogP) is 3.83. The van der Waals surface area contributed by atoms with Gasteiger partial charge in [0.2, 0.25) is 0 Å². The summed E-state index contributed by atoms with van der Waals surface area (Å²) in [6.45, 7) is 2.21. The number of carbonyl (C=O) groups excluding carboxylic acids is 1. The van der Waals surface area contributed by atoms with Crippen LogP contribution in [-0.2, 0) is 22.2 Å². The van der Waals surface area contributed by atoms with Crippen LogP contribution in [-0.4, -0.2) is 52.9 Å². The number of aromatic nitrogens is 1. The van der Waals surface area contributed by atoms with E-state index in [9.17, 15) is 22.8 Å². The lowest BCUT2D eigenvalue weighted by Crippen LogP contribution is -2.50. The molecule has 2 heterocycles. The number of alkyl halides is 3. The Labute approximate surface area is 182 Å². The minimum Gasteiger partial charge on any atom is -0.480 e. The molecule has 0 aliphatic carbocycles. The first kappa shape index (κ1) is 23.0. The quantitative estimate of drug-likeness (QED) is 0.713. The topological polar surface area (TPSA) is 73.7 Å². The summed E-state index contributed by atoms with van der Waals surface area (Å²) in [5.41, 5.74) is 0.0861. The Morgan fingerprint density at radius 1 is 1.23 bits per heavy atom. The molecule has 0 spiro atoms. The van der Waals surface area contributed by atoms with Crippen LogP contribution in [0.5, 0.6) is 0 Å². The molecule has 0 bridgehead atoms. The van der Waals surface area contributed by atoms with Gasteiger partial charge in [-0.3, -0.25) is 14.5 Å². The molecule has 31 heavy (non-hydrogen) atoms. The van der Waals surface area contributed by atoms with Crippen molar-refractivity contribution < 1.29 is 27.9 Å². The van der Waals surface area contributed by atoms with E-state index in [1.165, 1.54) is 6.92 Å². The molecule has 0 radical (unpaired) electrons. The SMILES string of the molecule is CC(=O)Cc1cc(C(F)(F)F)cnc1N1CCN(CC(=O)O)CC1c1ccc(Cl)cc1. The van der Waals surface area contributed by atoms with Gasteiger partial charge in [0, 0.05) is 42.8 Å². The molecule has 166 valence electrons. The minimum absolute atomic E-state index is 0.154. The molecule has 1 atom stereocenters. The Bertz CT molecular complexity index is 967. The zero-order chi connectivity index (χ0) is 22.8. The summed E-state index contributed by atoms with van der Waals surface area (Å²) in [7, 11) is 0. The van der Waals surface area contributed by atoms with Crippen molar-refractivity contribution in [3.63, 3.8) is 0 Å². The third-order valence-electron chi connectivity index (χ3n) is 5.06. The van der Waals surface area contributed by atoms with Gasteiger partial charge in [-0.25, -0.2) is 4.98 Å². The normalized spacial score (nSPS) is 17.6. The van der Waals surface area contributed by atoms with Gasteiger partial charge in [-0.05, 0) is 30.7 Å². The van der Waals surface area contributed by atoms with Crippen LogP contribution in [0, 0.1) is 0 Å². The van der Waals surface area contributed by atoms with E-state index in [-0.39, 0.29) is 36.2 Å². The number of carbonyl (C=O) groups is 2. The number of hydrogen-bond donors (Lipinski definition) is 1. The highest BCUT2D eigenvalue weighted by Crippen LogP contribution is 2.36. The zero-order valence-corrected chi connectivity index (χ0v) is 17.5. The number of benzene rings is 1. The van der Waals surface area contributed by atoms with Gasteiger partial charge < -0.3 is 10.0 Å². The standard InChI is InChI=1S/C21H21ClF3N3O3/c1-13(29)8-15-9-16(21(23,24)25)10-26-20(15)28-7-6-27(12-19(30)31)11-18(28)14-2-4-17(22)5-3-14/h2-5,9-10,18H,6-8,11-12H2,1H3,(H,30,31). The molecule has 1 aliphatic rings. The fourth-order valence-electron chi connectivity index (χ4n) is 3.71. The molecule has 3 rings (SSSR count). The number of halogens is 4. The number of piperazine rings is 1. The number of hydrogen-bond acceptors (Lipinski definition) is 5. The van der Waals surface area contributed by atoms with Crippen molar-refractivity contribution in [1.82, 2.24) is 9.88 Å². The molecule has 1 aromatic carbocycles. The van der Waals surface area contributed by atoms with Gasteiger partial charge >= 0.3 is 12.1 Å². The van der Waals surface area contributed by atoms with E-state index < -0.39 is 17.7 Å².